The van der Waals surface area contributed by atoms with E-state index in [9.17, 15) is 4.79 Å². The van der Waals surface area contributed by atoms with Gasteiger partial charge in [0.2, 0.25) is 5.91 Å². The van der Waals surface area contributed by atoms with E-state index in [1.807, 2.05) is 0 Å². The number of rotatable bonds is 3. The molecule has 0 aliphatic heterocycles. The smallest absolute Gasteiger partial charge is 0.240 e. The maximum Gasteiger partial charge on any atom is 0.240 e. The Bertz CT molecular complexity index is 376. The van der Waals surface area contributed by atoms with Crippen LogP contribution in [0.4, 0.5) is 5.69 Å². The zero-order valence-corrected chi connectivity index (χ0v) is 8.53. The number of hydrogen-bond donors (Lipinski definition) is 2. The van der Waals surface area contributed by atoms with Crippen molar-refractivity contribution in [1.82, 2.24) is 0 Å². The molecule has 15 heavy (non-hydrogen) atoms. The van der Waals surface area contributed by atoms with Gasteiger partial charge in [0.25, 0.3) is 0 Å². The van der Waals surface area contributed by atoms with Crippen LogP contribution >= 0.6 is 0 Å². The van der Waals surface area contributed by atoms with Crippen molar-refractivity contribution in [3.63, 3.8) is 0 Å². The van der Waals surface area contributed by atoms with E-state index in [1.165, 1.54) is 0 Å². The minimum absolute atomic E-state index is 0.219. The number of amides is 1. The van der Waals surface area contributed by atoms with Gasteiger partial charge in [0, 0.05) is 5.69 Å². The lowest BCUT2D eigenvalue weighted by Gasteiger charge is -2.07. The van der Waals surface area contributed by atoms with Crippen molar-refractivity contribution < 1.29 is 4.79 Å². The van der Waals surface area contributed by atoms with Crippen molar-refractivity contribution in [1.29, 1.82) is 5.26 Å². The zero-order chi connectivity index (χ0) is 11.3. The highest BCUT2D eigenvalue weighted by molar-refractivity contribution is 5.94. The summed E-state index contributed by atoms with van der Waals surface area (Å²) in [5.41, 5.74) is 7.03. The van der Waals surface area contributed by atoms with Crippen molar-refractivity contribution in [3.05, 3.63) is 29.8 Å². The third-order valence-electron chi connectivity index (χ3n) is 1.92. The van der Waals surface area contributed by atoms with Gasteiger partial charge in [-0.05, 0) is 24.6 Å². The number of anilines is 1. The molecule has 4 nitrogen and oxygen atoms in total. The van der Waals surface area contributed by atoms with Crippen molar-refractivity contribution in [2.75, 3.05) is 5.32 Å². The maximum absolute atomic E-state index is 11.2. The van der Waals surface area contributed by atoms with Crippen molar-refractivity contribution >= 4 is 11.6 Å². The molecule has 0 heterocycles. The van der Waals surface area contributed by atoms with E-state index in [0.29, 0.717) is 12.1 Å². The molecule has 0 bridgehead atoms. The number of nitrogens with zero attached hydrogens (tertiary/aromatic N) is 1. The summed E-state index contributed by atoms with van der Waals surface area (Å²) in [5.74, 6) is -0.219. The van der Waals surface area contributed by atoms with Gasteiger partial charge in [0.1, 0.15) is 0 Å². The Labute approximate surface area is 88.7 Å². The van der Waals surface area contributed by atoms with Crippen LogP contribution in [-0.2, 0) is 11.2 Å². The number of nitrogens with one attached hydrogen (secondary N) is 1. The van der Waals surface area contributed by atoms with E-state index in [0.717, 1.165) is 5.56 Å². The zero-order valence-electron chi connectivity index (χ0n) is 8.53. The van der Waals surface area contributed by atoms with Crippen LogP contribution < -0.4 is 11.1 Å². The molecule has 1 aromatic carbocycles. The van der Waals surface area contributed by atoms with Crippen LogP contribution in [0.1, 0.15) is 12.5 Å². The molecule has 1 aromatic rings. The van der Waals surface area contributed by atoms with Crippen LogP contribution in [0, 0.1) is 11.3 Å². The maximum atomic E-state index is 11.2. The fourth-order valence-corrected chi connectivity index (χ4v) is 1.05. The fraction of sp³-hybridized carbons (Fsp3) is 0.273. The third kappa shape index (κ3) is 3.41. The minimum Gasteiger partial charge on any atom is -0.325 e. The van der Waals surface area contributed by atoms with Crippen molar-refractivity contribution in [2.45, 2.75) is 19.4 Å². The number of carbonyl (C=O) groups excluding carboxylic acids is 1. The van der Waals surface area contributed by atoms with Crippen LogP contribution in [0.25, 0.3) is 0 Å². The molecule has 0 saturated heterocycles. The van der Waals surface area contributed by atoms with Crippen LogP contribution in [0.5, 0.6) is 0 Å². The second-order valence-corrected chi connectivity index (χ2v) is 3.31. The van der Waals surface area contributed by atoms with Gasteiger partial charge in [-0.1, -0.05) is 12.1 Å². The Morgan fingerprint density at radius 1 is 1.53 bits per heavy atom. The van der Waals surface area contributed by atoms with Crippen molar-refractivity contribution in [3.8, 4) is 6.07 Å². The predicted molar refractivity (Wildman–Crippen MR) is 58.0 cm³/mol. The first kappa shape index (κ1) is 11.2. The quantitative estimate of drug-likeness (QED) is 0.770. The molecule has 0 unspecified atom stereocenters. The highest BCUT2D eigenvalue weighted by atomic mass is 16.2. The average Bonchev–Trinajstić information content (AvgIpc) is 2.21. The van der Waals surface area contributed by atoms with E-state index < -0.39 is 6.04 Å². The Hall–Kier alpha value is -1.86. The van der Waals surface area contributed by atoms with Gasteiger partial charge in [-0.25, -0.2) is 0 Å². The molecule has 1 rings (SSSR count). The van der Waals surface area contributed by atoms with Gasteiger partial charge in [0.05, 0.1) is 18.5 Å². The van der Waals surface area contributed by atoms with Crippen LogP contribution in [0.15, 0.2) is 24.3 Å². The average molecular weight is 203 g/mol. The summed E-state index contributed by atoms with van der Waals surface area (Å²) in [6.07, 6.45) is 0.377. The topological polar surface area (TPSA) is 78.9 Å². The molecular weight excluding hydrogens is 190 g/mol. The Balaban J connectivity index is 2.65. The largest absolute Gasteiger partial charge is 0.325 e. The first-order valence-corrected chi connectivity index (χ1v) is 4.66. The van der Waals surface area contributed by atoms with E-state index >= 15 is 0 Å². The molecule has 0 aliphatic rings. The number of hydrogen-bond acceptors (Lipinski definition) is 3. The highest BCUT2D eigenvalue weighted by Gasteiger charge is 2.06. The normalized spacial score (nSPS) is 11.5. The third-order valence-corrected chi connectivity index (χ3v) is 1.92. The molecule has 0 spiro atoms. The molecule has 0 aliphatic carbocycles. The predicted octanol–water partition coefficient (Wildman–Crippen LogP) is 1.04. The fourth-order valence-electron chi connectivity index (χ4n) is 1.05. The molecule has 0 radical (unpaired) electrons. The summed E-state index contributed by atoms with van der Waals surface area (Å²) < 4.78 is 0. The Kier molecular flexibility index (Phi) is 3.83. The van der Waals surface area contributed by atoms with Gasteiger partial charge in [-0.15, -0.1) is 0 Å². The summed E-state index contributed by atoms with van der Waals surface area (Å²) in [6.45, 7) is 1.62. The molecule has 1 amide bonds. The molecule has 4 heteroatoms. The highest BCUT2D eigenvalue weighted by Crippen LogP contribution is 2.09. The number of nitriles is 1. The lowest BCUT2D eigenvalue weighted by atomic mass is 10.1. The van der Waals surface area contributed by atoms with Crippen LogP contribution in [0.3, 0.4) is 0 Å². The molecule has 1 atom stereocenters. The summed E-state index contributed by atoms with van der Waals surface area (Å²) in [6, 6.07) is 8.66. The second-order valence-electron chi connectivity index (χ2n) is 3.31. The summed E-state index contributed by atoms with van der Waals surface area (Å²) >= 11 is 0. The van der Waals surface area contributed by atoms with Gasteiger partial charge in [-0.2, -0.15) is 5.26 Å². The van der Waals surface area contributed by atoms with Crippen molar-refractivity contribution in [2.24, 2.45) is 5.73 Å². The summed E-state index contributed by atoms with van der Waals surface area (Å²) in [7, 11) is 0. The lowest BCUT2D eigenvalue weighted by Crippen LogP contribution is -2.32. The van der Waals surface area contributed by atoms with Gasteiger partial charge in [0.15, 0.2) is 0 Å². The van der Waals surface area contributed by atoms with Crippen LogP contribution in [-0.4, -0.2) is 11.9 Å². The van der Waals surface area contributed by atoms with Crippen LogP contribution in [0.2, 0.25) is 0 Å². The number of nitrogens with two attached hydrogens (primary N) is 1. The van der Waals surface area contributed by atoms with Gasteiger partial charge in [-0.3, -0.25) is 4.79 Å². The molecule has 0 saturated carbocycles. The molecule has 3 N–H and O–H groups in total. The lowest BCUT2D eigenvalue weighted by molar-refractivity contribution is -0.117. The molecule has 78 valence electrons. The summed E-state index contributed by atoms with van der Waals surface area (Å²) in [4.78, 5) is 11.2. The summed E-state index contributed by atoms with van der Waals surface area (Å²) in [5, 5.41) is 11.1. The molecule has 0 aromatic heterocycles. The minimum atomic E-state index is -0.524. The number of carbonyl (C=O) groups is 1. The van der Waals surface area contributed by atoms with E-state index in [-0.39, 0.29) is 5.91 Å². The van der Waals surface area contributed by atoms with E-state index in [2.05, 4.69) is 11.4 Å². The molecular formula is C11H13N3O. The van der Waals surface area contributed by atoms with Gasteiger partial charge >= 0.3 is 0 Å². The SMILES string of the molecule is C[C@@H](N)C(=O)Nc1ccc(CC#N)cc1. The Morgan fingerprint density at radius 3 is 2.60 bits per heavy atom. The molecule has 0 fully saturated rings. The van der Waals surface area contributed by atoms with E-state index in [4.69, 9.17) is 11.0 Å². The van der Waals surface area contributed by atoms with Gasteiger partial charge < -0.3 is 11.1 Å². The second kappa shape index (κ2) is 5.13. The first-order valence-electron chi connectivity index (χ1n) is 4.66. The van der Waals surface area contributed by atoms with E-state index in [1.54, 1.807) is 31.2 Å². The number of benzene rings is 1. The monoisotopic (exact) mass is 203 g/mol. The standard InChI is InChI=1S/C11H13N3O/c1-8(13)11(15)14-10-4-2-9(3-5-10)6-7-12/h2-5,8H,6,13H2,1H3,(H,14,15)/t8-/m1/s1. The Morgan fingerprint density at radius 2 is 2.13 bits per heavy atom. The first-order chi connectivity index (χ1) is 7.13.